The van der Waals surface area contributed by atoms with Crippen molar-refractivity contribution in [2.45, 2.75) is 37.8 Å². The van der Waals surface area contributed by atoms with Gasteiger partial charge in [-0.3, -0.25) is 14.4 Å². The van der Waals surface area contributed by atoms with E-state index >= 15 is 0 Å². The topological polar surface area (TPSA) is 91.1 Å². The lowest BCUT2D eigenvalue weighted by Crippen LogP contribution is -2.54. The quantitative estimate of drug-likeness (QED) is 0.447. The summed E-state index contributed by atoms with van der Waals surface area (Å²) in [6, 6.07) is 12.6. The van der Waals surface area contributed by atoms with Crippen LogP contribution in [0.4, 0.5) is 4.39 Å². The highest BCUT2D eigenvalue weighted by atomic mass is 19.1. The Morgan fingerprint density at radius 1 is 0.900 bits per heavy atom. The molecule has 1 aliphatic rings. The standard InChI is InChI=1S/C23H22FN3O3/c24-16-9-6-12-19-20(16)15(13-25-19)21(28)23(30)27-18-11-5-4-10-17(18)26-22(29)14-7-2-1-3-8-14/h1-3,6-9,12-13,17-18,25H,4-5,10-11H2,(H,26,29)(H,27,30)/t17-,18+/m1/s1. The smallest absolute Gasteiger partial charge is 0.292 e. The summed E-state index contributed by atoms with van der Waals surface area (Å²) in [6.45, 7) is 0. The minimum absolute atomic E-state index is 0.00119. The second-order valence-electron chi connectivity index (χ2n) is 7.50. The second-order valence-corrected chi connectivity index (χ2v) is 7.50. The molecule has 7 heteroatoms. The molecular formula is C23H22FN3O3. The molecule has 1 aromatic heterocycles. The van der Waals surface area contributed by atoms with Crippen molar-refractivity contribution in [1.82, 2.24) is 15.6 Å². The zero-order valence-corrected chi connectivity index (χ0v) is 16.3. The van der Waals surface area contributed by atoms with Crippen LogP contribution >= 0.6 is 0 Å². The number of ketones is 1. The summed E-state index contributed by atoms with van der Waals surface area (Å²) in [4.78, 5) is 40.7. The highest BCUT2D eigenvalue weighted by molar-refractivity contribution is 6.45. The summed E-state index contributed by atoms with van der Waals surface area (Å²) in [5.41, 5.74) is 0.997. The van der Waals surface area contributed by atoms with Gasteiger partial charge in [0.2, 0.25) is 0 Å². The number of carbonyl (C=O) groups is 3. The van der Waals surface area contributed by atoms with Gasteiger partial charge in [-0.05, 0) is 37.1 Å². The normalized spacial score (nSPS) is 18.7. The number of rotatable bonds is 5. The second kappa shape index (κ2) is 8.49. The van der Waals surface area contributed by atoms with Crippen LogP contribution in [0, 0.1) is 5.82 Å². The molecule has 2 amide bonds. The molecule has 0 aliphatic heterocycles. The van der Waals surface area contributed by atoms with Crippen molar-refractivity contribution in [2.24, 2.45) is 0 Å². The fraction of sp³-hybridized carbons (Fsp3) is 0.261. The van der Waals surface area contributed by atoms with Crippen molar-refractivity contribution in [3.8, 4) is 0 Å². The first-order chi connectivity index (χ1) is 14.5. The van der Waals surface area contributed by atoms with E-state index in [-0.39, 0.29) is 28.9 Å². The average molecular weight is 407 g/mol. The molecular weight excluding hydrogens is 385 g/mol. The molecule has 0 spiro atoms. The van der Waals surface area contributed by atoms with Gasteiger partial charge < -0.3 is 15.6 Å². The predicted octanol–water partition coefficient (Wildman–Crippen LogP) is 3.35. The molecule has 30 heavy (non-hydrogen) atoms. The first-order valence-corrected chi connectivity index (χ1v) is 10.0. The minimum atomic E-state index is -0.801. The number of nitrogens with one attached hydrogen (secondary N) is 3. The molecule has 0 bridgehead atoms. The number of fused-ring (bicyclic) bond motifs is 1. The first-order valence-electron chi connectivity index (χ1n) is 10.0. The first kappa shape index (κ1) is 19.8. The summed E-state index contributed by atoms with van der Waals surface area (Å²) in [6.07, 6.45) is 4.53. The number of hydrogen-bond acceptors (Lipinski definition) is 3. The maximum atomic E-state index is 14.2. The largest absolute Gasteiger partial charge is 0.360 e. The highest BCUT2D eigenvalue weighted by Crippen LogP contribution is 2.23. The predicted molar refractivity (Wildman–Crippen MR) is 111 cm³/mol. The average Bonchev–Trinajstić information content (AvgIpc) is 3.20. The van der Waals surface area contributed by atoms with Crippen LogP contribution in [0.25, 0.3) is 10.9 Å². The lowest BCUT2D eigenvalue weighted by Gasteiger charge is -2.32. The zero-order chi connectivity index (χ0) is 21.1. The zero-order valence-electron chi connectivity index (χ0n) is 16.3. The number of H-pyrrole nitrogens is 1. The van der Waals surface area contributed by atoms with E-state index in [2.05, 4.69) is 15.6 Å². The van der Waals surface area contributed by atoms with Crippen molar-refractivity contribution >= 4 is 28.5 Å². The lowest BCUT2D eigenvalue weighted by atomic mass is 9.89. The molecule has 0 saturated heterocycles. The van der Waals surface area contributed by atoms with Crippen LogP contribution in [0.15, 0.2) is 54.7 Å². The van der Waals surface area contributed by atoms with Crippen LogP contribution < -0.4 is 10.6 Å². The van der Waals surface area contributed by atoms with Crippen LogP contribution in [0.2, 0.25) is 0 Å². The number of aromatic amines is 1. The number of carbonyl (C=O) groups excluding carboxylic acids is 3. The Balaban J connectivity index is 1.47. The number of Topliss-reactive ketones (excluding diaryl/α,β-unsaturated/α-hetero) is 1. The molecule has 1 aliphatic carbocycles. The number of benzene rings is 2. The van der Waals surface area contributed by atoms with Crippen molar-refractivity contribution < 1.29 is 18.8 Å². The molecule has 2 atom stereocenters. The molecule has 1 fully saturated rings. The van der Waals surface area contributed by atoms with Gasteiger partial charge in [-0.2, -0.15) is 0 Å². The maximum absolute atomic E-state index is 14.2. The third kappa shape index (κ3) is 3.96. The van der Waals surface area contributed by atoms with Crippen LogP contribution in [-0.2, 0) is 4.79 Å². The SMILES string of the molecule is O=C(N[C@H]1CCCC[C@H]1NC(=O)c1ccccc1)C(=O)c1c[nH]c2cccc(F)c12. The Labute approximate surface area is 172 Å². The van der Waals surface area contributed by atoms with Crippen LogP contribution in [0.3, 0.4) is 0 Å². The van der Waals surface area contributed by atoms with Gasteiger partial charge in [0.1, 0.15) is 5.82 Å². The summed E-state index contributed by atoms with van der Waals surface area (Å²) >= 11 is 0. The van der Waals surface area contributed by atoms with E-state index in [9.17, 15) is 18.8 Å². The van der Waals surface area contributed by atoms with Gasteiger partial charge in [0.05, 0.1) is 5.56 Å². The van der Waals surface area contributed by atoms with E-state index < -0.39 is 17.5 Å². The molecule has 0 radical (unpaired) electrons. The maximum Gasteiger partial charge on any atom is 0.292 e. The van der Waals surface area contributed by atoms with Crippen LogP contribution in [-0.4, -0.2) is 34.7 Å². The van der Waals surface area contributed by atoms with Crippen molar-refractivity contribution in [1.29, 1.82) is 0 Å². The van der Waals surface area contributed by atoms with E-state index in [0.717, 1.165) is 12.8 Å². The van der Waals surface area contributed by atoms with Gasteiger partial charge >= 0.3 is 0 Å². The van der Waals surface area contributed by atoms with Gasteiger partial charge in [-0.25, -0.2) is 4.39 Å². The molecule has 1 heterocycles. The molecule has 4 rings (SSSR count). The number of amides is 2. The molecule has 6 nitrogen and oxygen atoms in total. The molecule has 3 N–H and O–H groups in total. The molecule has 0 unspecified atom stereocenters. The van der Waals surface area contributed by atoms with Crippen LogP contribution in [0.5, 0.6) is 0 Å². The van der Waals surface area contributed by atoms with E-state index in [1.165, 1.54) is 18.3 Å². The summed E-state index contributed by atoms with van der Waals surface area (Å²) < 4.78 is 14.2. The Bertz CT molecular complexity index is 1090. The molecule has 1 saturated carbocycles. The van der Waals surface area contributed by atoms with Gasteiger partial charge in [0, 0.05) is 34.7 Å². The van der Waals surface area contributed by atoms with E-state index in [1.807, 2.05) is 6.07 Å². The fourth-order valence-corrected chi connectivity index (χ4v) is 3.99. The Morgan fingerprint density at radius 2 is 1.60 bits per heavy atom. The van der Waals surface area contributed by atoms with Gasteiger partial charge in [0.25, 0.3) is 17.6 Å². The highest BCUT2D eigenvalue weighted by Gasteiger charge is 2.31. The van der Waals surface area contributed by atoms with Gasteiger partial charge in [0.15, 0.2) is 0 Å². The summed E-state index contributed by atoms with van der Waals surface area (Å²) in [5.74, 6) is -2.38. The van der Waals surface area contributed by atoms with Crippen molar-refractivity contribution in [2.75, 3.05) is 0 Å². The number of halogens is 1. The Morgan fingerprint density at radius 3 is 2.33 bits per heavy atom. The summed E-state index contributed by atoms with van der Waals surface area (Å²) in [7, 11) is 0. The van der Waals surface area contributed by atoms with E-state index in [0.29, 0.717) is 23.9 Å². The van der Waals surface area contributed by atoms with Crippen molar-refractivity contribution in [3.63, 3.8) is 0 Å². The number of aromatic nitrogens is 1. The fourth-order valence-electron chi connectivity index (χ4n) is 3.99. The van der Waals surface area contributed by atoms with E-state index in [4.69, 9.17) is 0 Å². The molecule has 2 aromatic carbocycles. The van der Waals surface area contributed by atoms with Gasteiger partial charge in [-0.1, -0.05) is 37.1 Å². The van der Waals surface area contributed by atoms with Crippen LogP contribution in [0.1, 0.15) is 46.4 Å². The Kier molecular flexibility index (Phi) is 5.61. The summed E-state index contributed by atoms with van der Waals surface area (Å²) in [5, 5.41) is 5.84. The monoisotopic (exact) mass is 407 g/mol. The lowest BCUT2D eigenvalue weighted by molar-refractivity contribution is -0.118. The van der Waals surface area contributed by atoms with Gasteiger partial charge in [-0.15, -0.1) is 0 Å². The molecule has 3 aromatic rings. The minimum Gasteiger partial charge on any atom is -0.360 e. The number of hydrogen-bond donors (Lipinski definition) is 3. The Hall–Kier alpha value is -3.48. The third-order valence-electron chi connectivity index (χ3n) is 5.54. The van der Waals surface area contributed by atoms with Crippen molar-refractivity contribution in [3.05, 3.63) is 71.7 Å². The molecule has 154 valence electrons. The third-order valence-corrected chi connectivity index (χ3v) is 5.54. The van der Waals surface area contributed by atoms with E-state index in [1.54, 1.807) is 30.3 Å².